The van der Waals surface area contributed by atoms with Crippen LogP contribution in [-0.4, -0.2) is 27.6 Å². The zero-order valence-electron chi connectivity index (χ0n) is 16.0. The first-order valence-corrected chi connectivity index (χ1v) is 10.8. The van der Waals surface area contributed by atoms with Gasteiger partial charge in [-0.2, -0.15) is 8.42 Å². The Balaban J connectivity index is 1.76. The third-order valence-electron chi connectivity index (χ3n) is 4.70. The molecule has 1 aliphatic heterocycles. The quantitative estimate of drug-likeness (QED) is 0.653. The van der Waals surface area contributed by atoms with E-state index in [9.17, 15) is 8.42 Å². The van der Waals surface area contributed by atoms with Gasteiger partial charge in [0.05, 0.1) is 13.4 Å². The molecular formula is C22H20N2O4S. The molecule has 1 atom stereocenters. The van der Waals surface area contributed by atoms with Gasteiger partial charge in [0.2, 0.25) is 0 Å². The maximum Gasteiger partial charge on any atom is 0.306 e. The Morgan fingerprint density at radius 3 is 2.45 bits per heavy atom. The third-order valence-corrected chi connectivity index (χ3v) is 5.19. The Morgan fingerprint density at radius 2 is 1.69 bits per heavy atom. The molecule has 148 valence electrons. The second kappa shape index (κ2) is 7.25. The first-order chi connectivity index (χ1) is 13.8. The van der Waals surface area contributed by atoms with Crippen molar-refractivity contribution in [3.8, 4) is 22.6 Å². The van der Waals surface area contributed by atoms with Gasteiger partial charge in [0.1, 0.15) is 23.4 Å². The Labute approximate surface area is 169 Å². The highest BCUT2D eigenvalue weighted by molar-refractivity contribution is 7.86. The summed E-state index contributed by atoms with van der Waals surface area (Å²) < 4.78 is 33.4. The molecule has 0 saturated heterocycles. The van der Waals surface area contributed by atoms with Gasteiger partial charge in [-0.3, -0.25) is 4.99 Å². The van der Waals surface area contributed by atoms with Crippen molar-refractivity contribution in [3.63, 3.8) is 0 Å². The lowest BCUT2D eigenvalue weighted by molar-refractivity contribution is 0.412. The molecule has 0 amide bonds. The monoisotopic (exact) mass is 408 g/mol. The lowest BCUT2D eigenvalue weighted by atomic mass is 9.94. The molecule has 6 nitrogen and oxygen atoms in total. The smallest absolute Gasteiger partial charge is 0.306 e. The van der Waals surface area contributed by atoms with Crippen LogP contribution in [0.25, 0.3) is 11.1 Å². The number of nitrogens with zero attached hydrogens (tertiary/aromatic N) is 1. The highest BCUT2D eigenvalue weighted by Gasteiger charge is 2.24. The summed E-state index contributed by atoms with van der Waals surface area (Å²) in [4.78, 5) is 4.63. The number of fused-ring (bicyclic) bond motifs is 1. The van der Waals surface area contributed by atoms with E-state index in [-0.39, 0.29) is 11.8 Å². The lowest BCUT2D eigenvalue weighted by Gasteiger charge is -2.13. The molecule has 0 fully saturated rings. The number of ether oxygens (including phenoxy) is 1. The second-order valence-corrected chi connectivity index (χ2v) is 8.39. The Morgan fingerprint density at radius 1 is 0.931 bits per heavy atom. The zero-order chi connectivity index (χ0) is 20.6. The summed E-state index contributed by atoms with van der Waals surface area (Å²) in [6.07, 6.45) is 1.01. The molecule has 29 heavy (non-hydrogen) atoms. The minimum Gasteiger partial charge on any atom is -0.497 e. The highest BCUT2D eigenvalue weighted by atomic mass is 32.2. The molecule has 0 spiro atoms. The van der Waals surface area contributed by atoms with Crippen molar-refractivity contribution in [1.29, 1.82) is 0 Å². The van der Waals surface area contributed by atoms with E-state index in [1.54, 1.807) is 6.07 Å². The van der Waals surface area contributed by atoms with E-state index in [2.05, 4.69) is 4.99 Å². The Bertz CT molecular complexity index is 1220. The normalized spacial score (nSPS) is 15.5. The first-order valence-electron chi connectivity index (χ1n) is 8.95. The van der Waals surface area contributed by atoms with Gasteiger partial charge < -0.3 is 14.7 Å². The molecule has 0 bridgehead atoms. The summed E-state index contributed by atoms with van der Waals surface area (Å²) in [5.74, 6) is 1.22. The van der Waals surface area contributed by atoms with Crippen LogP contribution < -0.4 is 14.7 Å². The fourth-order valence-corrected chi connectivity index (χ4v) is 3.91. The molecule has 3 aromatic rings. The zero-order valence-corrected chi connectivity index (χ0v) is 16.8. The van der Waals surface area contributed by atoms with E-state index < -0.39 is 10.1 Å². The molecule has 1 heterocycles. The van der Waals surface area contributed by atoms with Crippen LogP contribution in [-0.2, 0) is 10.1 Å². The Hall–Kier alpha value is -3.32. The molecule has 3 aromatic carbocycles. The fraction of sp³-hybridized carbons (Fsp3) is 0.136. The third kappa shape index (κ3) is 3.95. The number of nitrogens with two attached hydrogens (primary N) is 1. The molecular weight excluding hydrogens is 388 g/mol. The van der Waals surface area contributed by atoms with Crippen LogP contribution in [0.15, 0.2) is 71.7 Å². The molecule has 4 rings (SSSR count). The van der Waals surface area contributed by atoms with E-state index in [1.165, 1.54) is 13.2 Å². The molecule has 0 aromatic heterocycles. The molecule has 0 radical (unpaired) electrons. The standard InChI is InChI=1S/C22H20N2O4S/c1-27-17-11-16(12-18(13-17)28-29(2,25)26)14-6-5-7-15(10-14)21-19-8-3-4-9-20(19)22(23)24-21/h3-13,21H,1-2H3,(H2,23,24). The molecule has 0 saturated carbocycles. The maximum atomic E-state index is 11.5. The van der Waals surface area contributed by atoms with E-state index >= 15 is 0 Å². The van der Waals surface area contributed by atoms with Gasteiger partial charge in [-0.1, -0.05) is 42.5 Å². The summed E-state index contributed by atoms with van der Waals surface area (Å²) in [6, 6.07) is 20.7. The second-order valence-electron chi connectivity index (χ2n) is 6.81. The molecule has 7 heteroatoms. The highest BCUT2D eigenvalue weighted by Crippen LogP contribution is 2.37. The van der Waals surface area contributed by atoms with Crippen LogP contribution in [0, 0.1) is 0 Å². The summed E-state index contributed by atoms with van der Waals surface area (Å²) >= 11 is 0. The summed E-state index contributed by atoms with van der Waals surface area (Å²) in [5, 5.41) is 0. The minimum atomic E-state index is -3.65. The summed E-state index contributed by atoms with van der Waals surface area (Å²) in [7, 11) is -2.13. The SMILES string of the molecule is COc1cc(OS(C)(=O)=O)cc(-c2cccc(C3N=C(N)c4ccccc43)c2)c1. The van der Waals surface area contributed by atoms with Gasteiger partial charge in [0.25, 0.3) is 0 Å². The number of amidine groups is 1. The van der Waals surface area contributed by atoms with E-state index in [4.69, 9.17) is 14.7 Å². The first kappa shape index (κ1) is 19.0. The van der Waals surface area contributed by atoms with Crippen LogP contribution in [0.1, 0.15) is 22.7 Å². The van der Waals surface area contributed by atoms with Crippen LogP contribution in [0.5, 0.6) is 11.5 Å². The van der Waals surface area contributed by atoms with Gasteiger partial charge in [-0.05, 0) is 40.5 Å². The number of rotatable bonds is 5. The predicted octanol–water partition coefficient (Wildman–Crippen LogP) is 3.51. The molecule has 1 unspecified atom stereocenters. The van der Waals surface area contributed by atoms with Gasteiger partial charge >= 0.3 is 10.1 Å². The van der Waals surface area contributed by atoms with Crippen LogP contribution >= 0.6 is 0 Å². The molecule has 0 aliphatic carbocycles. The predicted molar refractivity (Wildman–Crippen MR) is 113 cm³/mol. The average Bonchev–Trinajstić information content (AvgIpc) is 3.03. The van der Waals surface area contributed by atoms with Crippen molar-refractivity contribution in [2.45, 2.75) is 6.04 Å². The summed E-state index contributed by atoms with van der Waals surface area (Å²) in [5.41, 5.74) is 10.8. The van der Waals surface area contributed by atoms with Crippen molar-refractivity contribution in [2.24, 2.45) is 10.7 Å². The fourth-order valence-electron chi connectivity index (χ4n) is 3.47. The van der Waals surface area contributed by atoms with Crippen molar-refractivity contribution in [1.82, 2.24) is 0 Å². The number of aliphatic imine (C=N–C) groups is 1. The van der Waals surface area contributed by atoms with E-state index in [0.717, 1.165) is 34.1 Å². The van der Waals surface area contributed by atoms with Crippen LogP contribution in [0.3, 0.4) is 0 Å². The topological polar surface area (TPSA) is 91.0 Å². The lowest BCUT2D eigenvalue weighted by Crippen LogP contribution is -2.09. The van der Waals surface area contributed by atoms with Crippen molar-refractivity contribution < 1.29 is 17.3 Å². The minimum absolute atomic E-state index is 0.177. The maximum absolute atomic E-state index is 11.5. The van der Waals surface area contributed by atoms with Crippen molar-refractivity contribution in [3.05, 3.63) is 83.4 Å². The molecule has 1 aliphatic rings. The average molecular weight is 408 g/mol. The number of methoxy groups -OCH3 is 1. The molecule has 2 N–H and O–H groups in total. The van der Waals surface area contributed by atoms with Gasteiger partial charge in [0.15, 0.2) is 0 Å². The number of hydrogen-bond acceptors (Lipinski definition) is 6. The summed E-state index contributed by atoms with van der Waals surface area (Å²) in [6.45, 7) is 0. The number of benzene rings is 3. The van der Waals surface area contributed by atoms with E-state index in [0.29, 0.717) is 11.6 Å². The van der Waals surface area contributed by atoms with Crippen LogP contribution in [0.4, 0.5) is 0 Å². The Kier molecular flexibility index (Phi) is 4.76. The van der Waals surface area contributed by atoms with Gasteiger partial charge in [-0.25, -0.2) is 0 Å². The van der Waals surface area contributed by atoms with Crippen molar-refractivity contribution in [2.75, 3.05) is 13.4 Å². The number of hydrogen-bond donors (Lipinski definition) is 1. The largest absolute Gasteiger partial charge is 0.497 e. The van der Waals surface area contributed by atoms with Crippen molar-refractivity contribution >= 4 is 16.0 Å². The van der Waals surface area contributed by atoms with E-state index in [1.807, 2.05) is 54.6 Å². The van der Waals surface area contributed by atoms with Crippen LogP contribution in [0.2, 0.25) is 0 Å². The van der Waals surface area contributed by atoms with Gasteiger partial charge in [0, 0.05) is 11.6 Å². The van der Waals surface area contributed by atoms with Gasteiger partial charge in [-0.15, -0.1) is 0 Å².